The fourth-order valence-corrected chi connectivity index (χ4v) is 1.10. The van der Waals surface area contributed by atoms with Crippen LogP contribution in [0, 0.1) is 12.7 Å². The minimum atomic E-state index is -0.577. The third-order valence-electron chi connectivity index (χ3n) is 1.78. The second-order valence-corrected chi connectivity index (χ2v) is 2.99. The van der Waals surface area contributed by atoms with Gasteiger partial charge in [-0.05, 0) is 24.6 Å². The number of halogens is 1. The van der Waals surface area contributed by atoms with E-state index in [1.54, 1.807) is 6.92 Å². The molecule has 3 nitrogen and oxygen atoms in total. The summed E-state index contributed by atoms with van der Waals surface area (Å²) in [6.45, 7) is 3.01. The number of benzene rings is 1. The summed E-state index contributed by atoms with van der Waals surface area (Å²) < 4.78 is 13.0. The van der Waals surface area contributed by atoms with Crippen LogP contribution in [0.5, 0.6) is 0 Å². The second kappa shape index (κ2) is 4.00. The van der Waals surface area contributed by atoms with Gasteiger partial charge in [0.25, 0.3) is 0 Å². The summed E-state index contributed by atoms with van der Waals surface area (Å²) in [5.41, 5.74) is 0.989. The van der Waals surface area contributed by atoms with Crippen molar-refractivity contribution in [1.82, 2.24) is 0 Å². The Morgan fingerprint density at radius 2 is 2.14 bits per heavy atom. The monoisotopic (exact) mass is 195 g/mol. The zero-order chi connectivity index (χ0) is 10.7. The Balaban J connectivity index is 3.16. The maximum Gasteiger partial charge on any atom is 0.221 e. The molecule has 1 N–H and O–H groups in total. The van der Waals surface area contributed by atoms with Crippen molar-refractivity contribution in [2.45, 2.75) is 13.8 Å². The predicted molar refractivity (Wildman–Crippen MR) is 50.8 cm³/mol. The summed E-state index contributed by atoms with van der Waals surface area (Å²) in [5, 5.41) is 2.51. The van der Waals surface area contributed by atoms with Gasteiger partial charge in [0, 0.05) is 12.6 Å². The first-order valence-electron chi connectivity index (χ1n) is 4.07. The van der Waals surface area contributed by atoms with Crippen molar-refractivity contribution in [3.05, 3.63) is 29.1 Å². The number of nitrogens with one attached hydrogen (secondary N) is 1. The van der Waals surface area contributed by atoms with E-state index in [0.29, 0.717) is 17.5 Å². The molecule has 0 heterocycles. The van der Waals surface area contributed by atoms with Crippen molar-refractivity contribution in [3.63, 3.8) is 0 Å². The summed E-state index contributed by atoms with van der Waals surface area (Å²) in [6.07, 6.45) is 0.417. The van der Waals surface area contributed by atoms with Crippen molar-refractivity contribution in [3.8, 4) is 0 Å². The molecule has 14 heavy (non-hydrogen) atoms. The molecule has 0 atom stereocenters. The van der Waals surface area contributed by atoms with Gasteiger partial charge in [-0.2, -0.15) is 0 Å². The second-order valence-electron chi connectivity index (χ2n) is 2.99. The Hall–Kier alpha value is -1.71. The quantitative estimate of drug-likeness (QED) is 0.732. The zero-order valence-electron chi connectivity index (χ0n) is 7.93. The molecule has 0 aromatic heterocycles. The molecule has 4 heteroatoms. The summed E-state index contributed by atoms with van der Waals surface area (Å²) in [7, 11) is 0. The summed E-state index contributed by atoms with van der Waals surface area (Å²) in [5.74, 6) is -0.830. The molecule has 1 aromatic carbocycles. The van der Waals surface area contributed by atoms with Crippen molar-refractivity contribution >= 4 is 17.9 Å². The Kier molecular flexibility index (Phi) is 2.96. The summed E-state index contributed by atoms with van der Waals surface area (Å²) >= 11 is 0. The van der Waals surface area contributed by atoms with E-state index in [1.807, 2.05) is 0 Å². The van der Waals surface area contributed by atoms with Crippen molar-refractivity contribution in [2.75, 3.05) is 5.32 Å². The normalized spacial score (nSPS) is 9.64. The first-order chi connectivity index (χ1) is 6.54. The molecule has 0 saturated heterocycles. The number of aryl methyl sites for hydroxylation is 1. The van der Waals surface area contributed by atoms with Gasteiger partial charge in [-0.15, -0.1) is 0 Å². The topological polar surface area (TPSA) is 46.2 Å². The lowest BCUT2D eigenvalue weighted by Crippen LogP contribution is -2.08. The molecule has 0 fully saturated rings. The van der Waals surface area contributed by atoms with Gasteiger partial charge in [0.2, 0.25) is 5.91 Å². The fraction of sp³-hybridized carbons (Fsp3) is 0.200. The number of rotatable bonds is 2. The van der Waals surface area contributed by atoms with Crippen LogP contribution in [-0.4, -0.2) is 12.2 Å². The molecule has 1 amide bonds. The van der Waals surface area contributed by atoms with Crippen LogP contribution < -0.4 is 5.32 Å². The molecule has 0 spiro atoms. The van der Waals surface area contributed by atoms with Crippen LogP contribution in [0.15, 0.2) is 12.1 Å². The van der Waals surface area contributed by atoms with E-state index in [9.17, 15) is 14.0 Å². The smallest absolute Gasteiger partial charge is 0.221 e. The van der Waals surface area contributed by atoms with Crippen LogP contribution in [0.25, 0.3) is 0 Å². The van der Waals surface area contributed by atoms with Gasteiger partial charge in [-0.3, -0.25) is 9.59 Å². The van der Waals surface area contributed by atoms with Gasteiger partial charge in [-0.1, -0.05) is 0 Å². The molecular formula is C10H10FNO2. The third kappa shape index (κ3) is 2.16. The Bertz CT molecular complexity index is 388. The van der Waals surface area contributed by atoms with E-state index in [0.717, 1.165) is 0 Å². The molecule has 0 aliphatic carbocycles. The minimum absolute atomic E-state index is 0.0562. The first kappa shape index (κ1) is 10.4. The highest BCUT2D eigenvalue weighted by Gasteiger charge is 2.07. The summed E-state index contributed by atoms with van der Waals surface area (Å²) in [6, 6.07) is 2.54. The van der Waals surface area contributed by atoms with Crippen molar-refractivity contribution in [2.24, 2.45) is 0 Å². The van der Waals surface area contributed by atoms with Crippen LogP contribution in [0.1, 0.15) is 22.8 Å². The van der Waals surface area contributed by atoms with Gasteiger partial charge >= 0.3 is 0 Å². The minimum Gasteiger partial charge on any atom is -0.326 e. The highest BCUT2D eigenvalue weighted by atomic mass is 19.1. The molecular weight excluding hydrogens is 185 g/mol. The maximum absolute atomic E-state index is 13.0. The fourth-order valence-electron chi connectivity index (χ4n) is 1.10. The number of aldehydes is 1. The first-order valence-corrected chi connectivity index (χ1v) is 4.07. The number of carbonyl (C=O) groups excluding carboxylic acids is 2. The Morgan fingerprint density at radius 1 is 1.50 bits per heavy atom. The van der Waals surface area contributed by atoms with Crippen LogP contribution in [0.2, 0.25) is 0 Å². The molecule has 0 bridgehead atoms. The molecule has 0 radical (unpaired) electrons. The lowest BCUT2D eigenvalue weighted by molar-refractivity contribution is -0.114. The highest BCUT2D eigenvalue weighted by Crippen LogP contribution is 2.18. The van der Waals surface area contributed by atoms with Gasteiger partial charge < -0.3 is 5.32 Å². The standard InChI is InChI=1S/C10H10FNO2/c1-6-3-9(11)8(5-13)4-10(6)12-7(2)14/h3-5H,1-2H3,(H,12,14). The van der Waals surface area contributed by atoms with Crippen LogP contribution in [0.3, 0.4) is 0 Å². The molecule has 0 unspecified atom stereocenters. The summed E-state index contributed by atoms with van der Waals surface area (Å²) in [4.78, 5) is 21.2. The number of hydrogen-bond donors (Lipinski definition) is 1. The number of amides is 1. The van der Waals surface area contributed by atoms with Gasteiger partial charge in [-0.25, -0.2) is 4.39 Å². The largest absolute Gasteiger partial charge is 0.326 e. The number of carbonyl (C=O) groups is 2. The Labute approximate surface area is 80.9 Å². The van der Waals surface area contributed by atoms with Gasteiger partial charge in [0.1, 0.15) is 5.82 Å². The average molecular weight is 195 g/mol. The highest BCUT2D eigenvalue weighted by molar-refractivity contribution is 5.91. The lowest BCUT2D eigenvalue weighted by Gasteiger charge is -2.07. The van der Waals surface area contributed by atoms with Gasteiger partial charge in [0.05, 0.1) is 5.56 Å². The molecule has 1 aromatic rings. The maximum atomic E-state index is 13.0. The van der Waals surface area contributed by atoms with Crippen molar-refractivity contribution in [1.29, 1.82) is 0 Å². The molecule has 0 aliphatic rings. The van der Waals surface area contributed by atoms with E-state index in [1.165, 1.54) is 19.1 Å². The number of hydrogen-bond acceptors (Lipinski definition) is 2. The van der Waals surface area contributed by atoms with Gasteiger partial charge in [0.15, 0.2) is 6.29 Å². The van der Waals surface area contributed by atoms with E-state index in [2.05, 4.69) is 5.32 Å². The van der Waals surface area contributed by atoms with E-state index in [4.69, 9.17) is 0 Å². The van der Waals surface area contributed by atoms with E-state index in [-0.39, 0.29) is 11.5 Å². The van der Waals surface area contributed by atoms with E-state index < -0.39 is 5.82 Å². The van der Waals surface area contributed by atoms with Crippen molar-refractivity contribution < 1.29 is 14.0 Å². The molecule has 74 valence electrons. The third-order valence-corrected chi connectivity index (χ3v) is 1.78. The number of anilines is 1. The van der Waals surface area contributed by atoms with E-state index >= 15 is 0 Å². The zero-order valence-corrected chi connectivity index (χ0v) is 7.93. The molecule has 0 aliphatic heterocycles. The van der Waals surface area contributed by atoms with Crippen LogP contribution >= 0.6 is 0 Å². The van der Waals surface area contributed by atoms with Crippen LogP contribution in [0.4, 0.5) is 10.1 Å². The predicted octanol–water partition coefficient (Wildman–Crippen LogP) is 1.91. The SMILES string of the molecule is CC(=O)Nc1cc(C=O)c(F)cc1C. The van der Waals surface area contributed by atoms with Crippen LogP contribution in [-0.2, 0) is 4.79 Å². The lowest BCUT2D eigenvalue weighted by atomic mass is 10.1. The average Bonchev–Trinajstić information content (AvgIpc) is 2.09. The Morgan fingerprint density at radius 3 is 2.64 bits per heavy atom. The molecule has 1 rings (SSSR count). The molecule has 0 saturated carbocycles.